The van der Waals surface area contributed by atoms with Crippen LogP contribution in [0.5, 0.6) is 0 Å². The summed E-state index contributed by atoms with van der Waals surface area (Å²) < 4.78 is 2.22. The van der Waals surface area contributed by atoms with Gasteiger partial charge in [0.2, 0.25) is 0 Å². The molecule has 0 saturated carbocycles. The van der Waals surface area contributed by atoms with Gasteiger partial charge < -0.3 is 0 Å². The van der Waals surface area contributed by atoms with E-state index in [1.807, 2.05) is 24.3 Å². The molecule has 0 atom stereocenters. The van der Waals surface area contributed by atoms with E-state index in [0.29, 0.717) is 0 Å². The van der Waals surface area contributed by atoms with Crippen molar-refractivity contribution in [1.82, 2.24) is 0 Å². The van der Waals surface area contributed by atoms with Crippen molar-refractivity contribution in [2.75, 3.05) is 0 Å². The number of benzene rings is 1. The lowest BCUT2D eigenvalue weighted by molar-refractivity contribution is 1.61. The number of hydrogen-bond donors (Lipinski definition) is 0. The Bertz CT molecular complexity index is 150. The molecular formula is C6H5Br2Cl. The second-order valence-electron chi connectivity index (χ2n) is 1.44. The Balaban J connectivity index is 0.000000640. The summed E-state index contributed by atoms with van der Waals surface area (Å²) >= 11 is 6.65. The van der Waals surface area contributed by atoms with Crippen LogP contribution in [0.15, 0.2) is 33.2 Å². The molecule has 0 heterocycles. The van der Waals surface area contributed by atoms with Crippen LogP contribution in [0.2, 0.25) is 0 Å². The first-order valence-corrected chi connectivity index (χ1v) is 3.79. The minimum Gasteiger partial charge on any atom is -0.147 e. The van der Waals surface area contributed by atoms with E-state index in [-0.39, 0.29) is 12.4 Å². The molecule has 0 aliphatic carbocycles. The topological polar surface area (TPSA) is 0 Å². The predicted molar refractivity (Wildman–Crippen MR) is 49.1 cm³/mol. The third-order valence-corrected chi connectivity index (χ3v) is 1.86. The maximum Gasteiger partial charge on any atom is 0.0176 e. The predicted octanol–water partition coefficient (Wildman–Crippen LogP) is 3.63. The molecule has 1 rings (SSSR count). The Morgan fingerprint density at radius 2 is 1.00 bits per heavy atom. The molecule has 0 aliphatic rings. The van der Waals surface area contributed by atoms with Gasteiger partial charge in [0.25, 0.3) is 0 Å². The molecule has 0 saturated heterocycles. The van der Waals surface area contributed by atoms with Crippen LogP contribution in [0, 0.1) is 0 Å². The van der Waals surface area contributed by atoms with Crippen molar-refractivity contribution in [2.24, 2.45) is 0 Å². The molecule has 0 N–H and O–H groups in total. The number of hydrogen-bond acceptors (Lipinski definition) is 0. The van der Waals surface area contributed by atoms with E-state index in [0.717, 1.165) is 8.95 Å². The Morgan fingerprint density at radius 3 is 1.22 bits per heavy atom. The Morgan fingerprint density at radius 1 is 0.778 bits per heavy atom. The summed E-state index contributed by atoms with van der Waals surface area (Å²) in [6, 6.07) is 7.96. The molecule has 9 heavy (non-hydrogen) atoms. The number of halogens is 3. The average molecular weight is 272 g/mol. The van der Waals surface area contributed by atoms with Crippen molar-refractivity contribution in [3.63, 3.8) is 0 Å². The molecule has 0 aliphatic heterocycles. The summed E-state index contributed by atoms with van der Waals surface area (Å²) in [6.45, 7) is 0. The molecule has 0 aromatic heterocycles. The van der Waals surface area contributed by atoms with E-state index < -0.39 is 0 Å². The Kier molecular flexibility index (Phi) is 4.54. The largest absolute Gasteiger partial charge is 0.147 e. The van der Waals surface area contributed by atoms with E-state index in [9.17, 15) is 0 Å². The van der Waals surface area contributed by atoms with Crippen molar-refractivity contribution in [1.29, 1.82) is 0 Å². The van der Waals surface area contributed by atoms with E-state index in [1.54, 1.807) is 0 Å². The highest BCUT2D eigenvalue weighted by atomic mass is 79.9. The van der Waals surface area contributed by atoms with E-state index in [1.165, 1.54) is 0 Å². The fourth-order valence-corrected chi connectivity index (χ4v) is 0.958. The third-order valence-electron chi connectivity index (χ3n) is 0.804. The summed E-state index contributed by atoms with van der Waals surface area (Å²) in [5.74, 6) is 0. The van der Waals surface area contributed by atoms with Crippen LogP contribution in [0.3, 0.4) is 0 Å². The highest BCUT2D eigenvalue weighted by Crippen LogP contribution is 2.13. The van der Waals surface area contributed by atoms with E-state index in [2.05, 4.69) is 31.9 Å². The van der Waals surface area contributed by atoms with Gasteiger partial charge in [-0.05, 0) is 24.3 Å². The van der Waals surface area contributed by atoms with Crippen LogP contribution in [0.4, 0.5) is 0 Å². The molecule has 0 fully saturated rings. The molecule has 0 nitrogen and oxygen atoms in total. The first-order chi connectivity index (χ1) is 3.79. The zero-order chi connectivity index (χ0) is 5.98. The van der Waals surface area contributed by atoms with Crippen molar-refractivity contribution < 1.29 is 0 Å². The van der Waals surface area contributed by atoms with Crippen LogP contribution in [0.25, 0.3) is 0 Å². The lowest BCUT2D eigenvalue weighted by Gasteiger charge is -1.86. The SMILES string of the molecule is Brc1ccc(Br)cc1.Cl. The van der Waals surface area contributed by atoms with Gasteiger partial charge in [0.05, 0.1) is 0 Å². The molecule has 3 heteroatoms. The van der Waals surface area contributed by atoms with Gasteiger partial charge in [0, 0.05) is 8.95 Å². The van der Waals surface area contributed by atoms with Crippen molar-refractivity contribution in [3.05, 3.63) is 33.2 Å². The van der Waals surface area contributed by atoms with Crippen molar-refractivity contribution >= 4 is 44.3 Å². The highest BCUT2D eigenvalue weighted by molar-refractivity contribution is 9.11. The normalized spacial score (nSPS) is 8.22. The quantitative estimate of drug-likeness (QED) is 0.676. The molecule has 0 radical (unpaired) electrons. The standard InChI is InChI=1S/C6H4Br2.ClH/c7-5-1-2-6(8)4-3-5;/h1-4H;1H. The minimum absolute atomic E-state index is 0. The molecular weight excluding hydrogens is 267 g/mol. The molecule has 0 bridgehead atoms. The third kappa shape index (κ3) is 3.23. The van der Waals surface area contributed by atoms with Crippen molar-refractivity contribution in [2.45, 2.75) is 0 Å². The second kappa shape index (κ2) is 4.31. The fourth-order valence-electron chi connectivity index (χ4n) is 0.430. The second-order valence-corrected chi connectivity index (χ2v) is 3.27. The van der Waals surface area contributed by atoms with Gasteiger partial charge in [-0.1, -0.05) is 31.9 Å². The summed E-state index contributed by atoms with van der Waals surface area (Å²) in [7, 11) is 0. The maximum absolute atomic E-state index is 3.32. The minimum atomic E-state index is 0. The van der Waals surface area contributed by atoms with Crippen LogP contribution < -0.4 is 0 Å². The monoisotopic (exact) mass is 270 g/mol. The molecule has 1 aromatic carbocycles. The lowest BCUT2D eigenvalue weighted by Crippen LogP contribution is -1.61. The fraction of sp³-hybridized carbons (Fsp3) is 0. The van der Waals surface area contributed by atoms with Crippen LogP contribution in [0.1, 0.15) is 0 Å². The van der Waals surface area contributed by atoms with Gasteiger partial charge in [-0.3, -0.25) is 0 Å². The summed E-state index contributed by atoms with van der Waals surface area (Å²) in [4.78, 5) is 0. The van der Waals surface area contributed by atoms with Crippen LogP contribution >= 0.6 is 44.3 Å². The molecule has 0 unspecified atom stereocenters. The van der Waals surface area contributed by atoms with Gasteiger partial charge in [-0.2, -0.15) is 0 Å². The maximum atomic E-state index is 3.32. The lowest BCUT2D eigenvalue weighted by atomic mass is 10.4. The average Bonchev–Trinajstić information content (AvgIpc) is 1.77. The summed E-state index contributed by atoms with van der Waals surface area (Å²) in [6.07, 6.45) is 0. The van der Waals surface area contributed by atoms with Gasteiger partial charge in [-0.15, -0.1) is 12.4 Å². The van der Waals surface area contributed by atoms with Gasteiger partial charge >= 0.3 is 0 Å². The first-order valence-electron chi connectivity index (χ1n) is 2.20. The summed E-state index contributed by atoms with van der Waals surface area (Å²) in [5.41, 5.74) is 0. The molecule has 50 valence electrons. The van der Waals surface area contributed by atoms with Gasteiger partial charge in [0.15, 0.2) is 0 Å². The Hall–Kier alpha value is 0.470. The van der Waals surface area contributed by atoms with Crippen LogP contribution in [-0.4, -0.2) is 0 Å². The highest BCUT2D eigenvalue weighted by Gasteiger charge is 1.83. The van der Waals surface area contributed by atoms with Gasteiger partial charge in [0.1, 0.15) is 0 Å². The molecule has 0 spiro atoms. The smallest absolute Gasteiger partial charge is 0.0176 e. The zero-order valence-electron chi connectivity index (χ0n) is 4.47. The summed E-state index contributed by atoms with van der Waals surface area (Å²) in [5, 5.41) is 0. The first kappa shape index (κ1) is 9.47. The molecule has 0 amide bonds. The van der Waals surface area contributed by atoms with Crippen LogP contribution in [-0.2, 0) is 0 Å². The van der Waals surface area contributed by atoms with Gasteiger partial charge in [-0.25, -0.2) is 0 Å². The van der Waals surface area contributed by atoms with E-state index >= 15 is 0 Å². The Labute approximate surface area is 77.3 Å². The molecule has 1 aromatic rings. The zero-order valence-corrected chi connectivity index (χ0v) is 8.46. The van der Waals surface area contributed by atoms with E-state index in [4.69, 9.17) is 0 Å². The number of rotatable bonds is 0. The van der Waals surface area contributed by atoms with Crippen molar-refractivity contribution in [3.8, 4) is 0 Å².